The molecule has 31 heavy (non-hydrogen) atoms. The van der Waals surface area contributed by atoms with Crippen LogP contribution in [0.5, 0.6) is 5.75 Å². The Hall–Kier alpha value is -3.86. The number of carbonyl (C=O) groups is 2. The van der Waals surface area contributed by atoms with E-state index in [-0.39, 0.29) is 17.5 Å². The van der Waals surface area contributed by atoms with E-state index in [2.05, 4.69) is 5.32 Å². The Morgan fingerprint density at radius 1 is 0.806 bits per heavy atom. The first kappa shape index (κ1) is 20.4. The quantitative estimate of drug-likeness (QED) is 0.598. The molecule has 0 aromatic heterocycles. The minimum absolute atomic E-state index is 0.255. The molecule has 156 valence electrons. The zero-order valence-corrected chi connectivity index (χ0v) is 18.0. The molecule has 0 saturated carbocycles. The van der Waals surface area contributed by atoms with Crippen molar-refractivity contribution in [3.05, 3.63) is 94.7 Å². The number of methoxy groups -OCH3 is 1. The van der Waals surface area contributed by atoms with Gasteiger partial charge in [0.2, 0.25) is 0 Å². The zero-order valence-electron chi connectivity index (χ0n) is 18.0. The largest absolute Gasteiger partial charge is 0.497 e. The van der Waals surface area contributed by atoms with Crippen molar-refractivity contribution >= 4 is 28.8 Å². The molecular weight excluding hydrogens is 388 g/mol. The second-order valence-corrected chi connectivity index (χ2v) is 7.71. The lowest BCUT2D eigenvalue weighted by molar-refractivity contribution is -0.120. The fraction of sp³-hybridized carbons (Fsp3) is 0.154. The van der Waals surface area contributed by atoms with Crippen LogP contribution in [0, 0.1) is 20.8 Å². The maximum Gasteiger partial charge on any atom is 0.282 e. The van der Waals surface area contributed by atoms with E-state index >= 15 is 0 Å². The molecule has 1 heterocycles. The van der Waals surface area contributed by atoms with Gasteiger partial charge in [-0.3, -0.25) is 9.59 Å². The van der Waals surface area contributed by atoms with Gasteiger partial charge in [0.25, 0.3) is 11.8 Å². The Morgan fingerprint density at radius 3 is 2.19 bits per heavy atom. The number of imide groups is 1. The summed E-state index contributed by atoms with van der Waals surface area (Å²) in [4.78, 5) is 28.3. The SMILES string of the molecule is COc1cccc(NC2=C(c3ccc(C)cc3C)C(=O)N(c3ccc(C)cc3)C2=O)c1. The molecule has 3 aromatic carbocycles. The minimum Gasteiger partial charge on any atom is -0.497 e. The molecule has 0 bridgehead atoms. The van der Waals surface area contributed by atoms with E-state index in [0.717, 1.165) is 22.3 Å². The first-order valence-corrected chi connectivity index (χ1v) is 10.1. The van der Waals surface area contributed by atoms with Crippen LogP contribution in [0.2, 0.25) is 0 Å². The number of carbonyl (C=O) groups excluding carboxylic acids is 2. The molecule has 0 atom stereocenters. The van der Waals surface area contributed by atoms with Crippen molar-refractivity contribution in [1.29, 1.82) is 0 Å². The molecule has 5 heteroatoms. The summed E-state index contributed by atoms with van der Waals surface area (Å²) in [6.45, 7) is 5.91. The van der Waals surface area contributed by atoms with E-state index in [1.807, 2.05) is 69.3 Å². The normalized spacial score (nSPS) is 13.7. The lowest BCUT2D eigenvalue weighted by Gasteiger charge is -2.16. The van der Waals surface area contributed by atoms with E-state index in [0.29, 0.717) is 22.7 Å². The molecule has 0 spiro atoms. The Bertz CT molecular complexity index is 1210. The lowest BCUT2D eigenvalue weighted by Crippen LogP contribution is -2.32. The summed E-state index contributed by atoms with van der Waals surface area (Å²) in [5, 5.41) is 3.18. The number of anilines is 2. The van der Waals surface area contributed by atoms with Crippen LogP contribution in [-0.4, -0.2) is 18.9 Å². The molecule has 3 aromatic rings. The molecule has 1 aliphatic heterocycles. The highest BCUT2D eigenvalue weighted by molar-refractivity contribution is 6.46. The summed E-state index contributed by atoms with van der Waals surface area (Å²) in [6, 6.07) is 20.5. The number of hydrogen-bond donors (Lipinski definition) is 1. The number of amides is 2. The van der Waals surface area contributed by atoms with Crippen LogP contribution < -0.4 is 15.0 Å². The Kier molecular flexibility index (Phi) is 5.34. The van der Waals surface area contributed by atoms with Crippen LogP contribution >= 0.6 is 0 Å². The summed E-state index contributed by atoms with van der Waals surface area (Å²) in [6.07, 6.45) is 0. The van der Waals surface area contributed by atoms with Gasteiger partial charge in [-0.15, -0.1) is 0 Å². The Labute approximate surface area is 182 Å². The number of benzene rings is 3. The molecule has 4 rings (SSSR count). The van der Waals surface area contributed by atoms with Crippen molar-refractivity contribution < 1.29 is 14.3 Å². The fourth-order valence-corrected chi connectivity index (χ4v) is 3.76. The minimum atomic E-state index is -0.383. The van der Waals surface area contributed by atoms with Crippen LogP contribution in [0.15, 0.2) is 72.4 Å². The van der Waals surface area contributed by atoms with Gasteiger partial charge in [0, 0.05) is 11.8 Å². The van der Waals surface area contributed by atoms with Crippen molar-refractivity contribution in [3.63, 3.8) is 0 Å². The van der Waals surface area contributed by atoms with Gasteiger partial charge < -0.3 is 10.1 Å². The highest BCUT2D eigenvalue weighted by atomic mass is 16.5. The predicted molar refractivity (Wildman–Crippen MR) is 123 cm³/mol. The van der Waals surface area contributed by atoms with E-state index in [1.165, 1.54) is 4.90 Å². The Morgan fingerprint density at radius 2 is 1.52 bits per heavy atom. The molecule has 0 aliphatic carbocycles. The average molecular weight is 412 g/mol. The second kappa shape index (κ2) is 8.11. The smallest absolute Gasteiger partial charge is 0.282 e. The first-order valence-electron chi connectivity index (χ1n) is 10.1. The van der Waals surface area contributed by atoms with Gasteiger partial charge >= 0.3 is 0 Å². The standard InChI is InChI=1S/C26H24N2O3/c1-16-8-11-20(12-9-16)28-25(29)23(22-13-10-17(2)14-18(22)3)24(26(28)30)27-19-6-5-7-21(15-19)31-4/h5-15,27H,1-4H3. The van der Waals surface area contributed by atoms with Crippen molar-refractivity contribution in [3.8, 4) is 5.75 Å². The summed E-state index contributed by atoms with van der Waals surface area (Å²) in [5.74, 6) is -0.0660. The number of nitrogens with one attached hydrogen (secondary N) is 1. The summed E-state index contributed by atoms with van der Waals surface area (Å²) in [5.41, 5.74) is 5.66. The maximum absolute atomic E-state index is 13.5. The van der Waals surface area contributed by atoms with Crippen LogP contribution in [0.3, 0.4) is 0 Å². The highest BCUT2D eigenvalue weighted by Gasteiger charge is 2.40. The van der Waals surface area contributed by atoms with Gasteiger partial charge in [-0.25, -0.2) is 4.90 Å². The molecule has 2 amide bonds. The van der Waals surface area contributed by atoms with E-state index in [4.69, 9.17) is 4.74 Å². The number of rotatable bonds is 5. The van der Waals surface area contributed by atoms with Gasteiger partial charge in [-0.2, -0.15) is 0 Å². The van der Waals surface area contributed by atoms with Gasteiger partial charge in [-0.1, -0.05) is 47.5 Å². The molecule has 0 radical (unpaired) electrons. The lowest BCUT2D eigenvalue weighted by atomic mass is 9.97. The number of ether oxygens (including phenoxy) is 1. The third-order valence-corrected chi connectivity index (χ3v) is 5.37. The first-order chi connectivity index (χ1) is 14.9. The third kappa shape index (κ3) is 3.82. The molecular formula is C26H24N2O3. The number of hydrogen-bond acceptors (Lipinski definition) is 4. The van der Waals surface area contributed by atoms with Crippen molar-refractivity contribution in [2.75, 3.05) is 17.3 Å². The number of nitrogens with zero attached hydrogens (tertiary/aromatic N) is 1. The van der Waals surface area contributed by atoms with E-state index < -0.39 is 0 Å². The topological polar surface area (TPSA) is 58.6 Å². The fourth-order valence-electron chi connectivity index (χ4n) is 3.76. The third-order valence-electron chi connectivity index (χ3n) is 5.37. The predicted octanol–water partition coefficient (Wildman–Crippen LogP) is 5.02. The van der Waals surface area contributed by atoms with Crippen LogP contribution in [0.4, 0.5) is 11.4 Å². The van der Waals surface area contributed by atoms with Crippen LogP contribution in [0.25, 0.3) is 5.57 Å². The van der Waals surface area contributed by atoms with Crippen LogP contribution in [-0.2, 0) is 9.59 Å². The molecule has 1 N–H and O–H groups in total. The summed E-state index contributed by atoms with van der Waals surface area (Å²) < 4.78 is 5.29. The van der Waals surface area contributed by atoms with Gasteiger partial charge in [-0.05, 0) is 56.2 Å². The number of aryl methyl sites for hydroxylation is 3. The van der Waals surface area contributed by atoms with E-state index in [9.17, 15) is 9.59 Å². The summed E-state index contributed by atoms with van der Waals surface area (Å²) in [7, 11) is 1.59. The maximum atomic E-state index is 13.5. The van der Waals surface area contributed by atoms with Gasteiger partial charge in [0.15, 0.2) is 0 Å². The van der Waals surface area contributed by atoms with Crippen molar-refractivity contribution in [2.45, 2.75) is 20.8 Å². The van der Waals surface area contributed by atoms with E-state index in [1.54, 1.807) is 25.3 Å². The molecule has 0 saturated heterocycles. The average Bonchev–Trinajstić information content (AvgIpc) is 2.99. The van der Waals surface area contributed by atoms with Gasteiger partial charge in [0.1, 0.15) is 11.4 Å². The monoisotopic (exact) mass is 412 g/mol. The highest BCUT2D eigenvalue weighted by Crippen LogP contribution is 2.35. The molecule has 1 aliphatic rings. The zero-order chi connectivity index (χ0) is 22.1. The van der Waals surface area contributed by atoms with Crippen molar-refractivity contribution in [2.24, 2.45) is 0 Å². The second-order valence-electron chi connectivity index (χ2n) is 7.71. The molecule has 0 unspecified atom stereocenters. The Balaban J connectivity index is 1.85. The molecule has 0 fully saturated rings. The molecule has 5 nitrogen and oxygen atoms in total. The van der Waals surface area contributed by atoms with Crippen LogP contribution in [0.1, 0.15) is 22.3 Å². The summed E-state index contributed by atoms with van der Waals surface area (Å²) >= 11 is 0. The van der Waals surface area contributed by atoms with Crippen molar-refractivity contribution in [1.82, 2.24) is 0 Å². The van der Waals surface area contributed by atoms with Gasteiger partial charge in [0.05, 0.1) is 18.4 Å².